The lowest BCUT2D eigenvalue weighted by molar-refractivity contribution is -0.143. The highest BCUT2D eigenvalue weighted by Gasteiger charge is 2.51. The second-order valence-electron chi connectivity index (χ2n) is 4.19. The minimum absolute atomic E-state index is 0.102. The maximum Gasteiger partial charge on any atom is 0.435 e. The molecular formula is C9H10F4N2O. The van der Waals surface area contributed by atoms with Gasteiger partial charge >= 0.3 is 6.18 Å². The highest BCUT2D eigenvalue weighted by Crippen LogP contribution is 2.46. The molecule has 2 rings (SSSR count). The molecule has 90 valence electrons. The third-order valence-electron chi connectivity index (χ3n) is 2.83. The van der Waals surface area contributed by atoms with Crippen LogP contribution in [-0.2, 0) is 19.6 Å². The van der Waals surface area contributed by atoms with Crippen molar-refractivity contribution >= 4 is 0 Å². The number of rotatable bonds is 0. The van der Waals surface area contributed by atoms with Crippen molar-refractivity contribution in [2.24, 2.45) is 7.05 Å². The quantitative estimate of drug-likeness (QED) is 0.699. The summed E-state index contributed by atoms with van der Waals surface area (Å²) in [5.74, 6) is 0. The fourth-order valence-corrected chi connectivity index (χ4v) is 2.01. The van der Waals surface area contributed by atoms with E-state index in [9.17, 15) is 22.7 Å². The zero-order valence-electron chi connectivity index (χ0n) is 8.64. The smallest absolute Gasteiger partial charge is 0.385 e. The van der Waals surface area contributed by atoms with Gasteiger partial charge in [0, 0.05) is 24.7 Å². The van der Waals surface area contributed by atoms with Gasteiger partial charge in [-0.15, -0.1) is 0 Å². The van der Waals surface area contributed by atoms with Crippen molar-refractivity contribution in [3.63, 3.8) is 0 Å². The van der Waals surface area contributed by atoms with Gasteiger partial charge in [0.05, 0.1) is 0 Å². The first-order valence-corrected chi connectivity index (χ1v) is 4.64. The fourth-order valence-electron chi connectivity index (χ4n) is 2.01. The number of aromatic nitrogens is 2. The molecule has 1 aliphatic carbocycles. The zero-order valence-corrected chi connectivity index (χ0v) is 8.64. The third-order valence-corrected chi connectivity index (χ3v) is 2.83. The molecular weight excluding hydrogens is 228 g/mol. The van der Waals surface area contributed by atoms with Gasteiger partial charge in [0.25, 0.3) is 0 Å². The van der Waals surface area contributed by atoms with Gasteiger partial charge in [-0.05, 0) is 6.92 Å². The van der Waals surface area contributed by atoms with Crippen molar-refractivity contribution in [1.29, 1.82) is 0 Å². The van der Waals surface area contributed by atoms with Gasteiger partial charge in [-0.2, -0.15) is 18.3 Å². The van der Waals surface area contributed by atoms with Gasteiger partial charge in [0.2, 0.25) is 0 Å². The number of alkyl halides is 4. The molecule has 1 N–H and O–H groups in total. The Morgan fingerprint density at radius 1 is 1.50 bits per heavy atom. The third kappa shape index (κ3) is 1.41. The Labute approximate surface area is 88.7 Å². The van der Waals surface area contributed by atoms with Crippen LogP contribution in [0.15, 0.2) is 0 Å². The van der Waals surface area contributed by atoms with Crippen molar-refractivity contribution in [2.45, 2.75) is 31.3 Å². The second-order valence-corrected chi connectivity index (χ2v) is 4.19. The van der Waals surface area contributed by atoms with Crippen molar-refractivity contribution in [1.82, 2.24) is 9.78 Å². The number of nitrogens with zero attached hydrogens (tertiary/aromatic N) is 2. The minimum Gasteiger partial charge on any atom is -0.385 e. The highest BCUT2D eigenvalue weighted by molar-refractivity contribution is 5.38. The van der Waals surface area contributed by atoms with Gasteiger partial charge in [0.15, 0.2) is 5.69 Å². The maximum absolute atomic E-state index is 13.7. The number of aliphatic hydroxyl groups excluding tert-OH is 1. The van der Waals surface area contributed by atoms with E-state index in [-0.39, 0.29) is 12.1 Å². The Morgan fingerprint density at radius 2 is 2.06 bits per heavy atom. The van der Waals surface area contributed by atoms with E-state index >= 15 is 0 Å². The van der Waals surface area contributed by atoms with Crippen LogP contribution in [0.3, 0.4) is 0 Å². The molecule has 1 heterocycles. The van der Waals surface area contributed by atoms with E-state index in [1.165, 1.54) is 7.05 Å². The first-order chi connectivity index (χ1) is 7.14. The first kappa shape index (κ1) is 11.4. The molecule has 1 aromatic rings. The summed E-state index contributed by atoms with van der Waals surface area (Å²) in [5, 5.41) is 12.8. The van der Waals surface area contributed by atoms with Gasteiger partial charge in [0.1, 0.15) is 11.8 Å². The van der Waals surface area contributed by atoms with Crippen LogP contribution in [-0.4, -0.2) is 20.6 Å². The molecule has 0 aliphatic heterocycles. The lowest BCUT2D eigenvalue weighted by Crippen LogP contribution is -2.26. The van der Waals surface area contributed by atoms with Crippen molar-refractivity contribution in [2.75, 3.05) is 0 Å². The summed E-state index contributed by atoms with van der Waals surface area (Å²) in [4.78, 5) is 0. The molecule has 0 spiro atoms. The van der Waals surface area contributed by atoms with E-state index in [2.05, 4.69) is 5.10 Å². The zero-order chi connectivity index (χ0) is 12.3. The number of halogens is 4. The van der Waals surface area contributed by atoms with Gasteiger partial charge in [-0.25, -0.2) is 4.39 Å². The lowest BCUT2D eigenvalue weighted by Gasteiger charge is -2.19. The molecule has 0 aromatic carbocycles. The van der Waals surface area contributed by atoms with Crippen LogP contribution >= 0.6 is 0 Å². The molecule has 0 radical (unpaired) electrons. The topological polar surface area (TPSA) is 38.0 Å². The molecule has 1 aliphatic rings. The number of aryl methyl sites for hydroxylation is 1. The minimum atomic E-state index is -4.67. The monoisotopic (exact) mass is 238 g/mol. The predicted molar refractivity (Wildman–Crippen MR) is 46.4 cm³/mol. The average molecular weight is 238 g/mol. The van der Waals surface area contributed by atoms with E-state index in [1.807, 2.05) is 0 Å². The molecule has 7 heteroatoms. The first-order valence-electron chi connectivity index (χ1n) is 4.64. The SMILES string of the molecule is Cn1nc(C(F)(F)F)c2c1CC(C)(F)[C@H]2O. The summed E-state index contributed by atoms with van der Waals surface area (Å²) < 4.78 is 52.4. The van der Waals surface area contributed by atoms with Gasteiger partial charge in [-0.1, -0.05) is 0 Å². The molecule has 1 unspecified atom stereocenters. The summed E-state index contributed by atoms with van der Waals surface area (Å²) in [5.41, 5.74) is -3.59. The normalized spacial score (nSPS) is 29.6. The molecule has 0 saturated carbocycles. The Hall–Kier alpha value is -1.11. The van der Waals surface area contributed by atoms with Crippen molar-refractivity contribution in [3.8, 4) is 0 Å². The largest absolute Gasteiger partial charge is 0.435 e. The summed E-state index contributed by atoms with van der Waals surface area (Å²) >= 11 is 0. The fraction of sp³-hybridized carbons (Fsp3) is 0.667. The number of hydrogen-bond acceptors (Lipinski definition) is 2. The van der Waals surface area contributed by atoms with Crippen LogP contribution < -0.4 is 0 Å². The molecule has 0 saturated heterocycles. The van der Waals surface area contributed by atoms with Crippen molar-refractivity contribution in [3.05, 3.63) is 17.0 Å². The Kier molecular flexibility index (Phi) is 2.11. The predicted octanol–water partition coefficient (Wildman–Crippen LogP) is 1.76. The number of fused-ring (bicyclic) bond motifs is 1. The standard InChI is InChI=1S/C9H10F4N2O/c1-8(10)3-4-5(7(8)16)6(9(11,12)13)14-15(4)2/h7,16H,3H2,1-2H3/t7-,8?/m0/s1. The maximum atomic E-state index is 13.7. The van der Waals surface area contributed by atoms with Gasteiger partial charge < -0.3 is 5.11 Å². The summed E-state index contributed by atoms with van der Waals surface area (Å²) in [6.07, 6.45) is -6.71. The number of aliphatic hydroxyl groups is 1. The van der Waals surface area contributed by atoms with Crippen molar-refractivity contribution < 1.29 is 22.7 Å². The average Bonchev–Trinajstić information content (AvgIpc) is 2.51. The molecule has 16 heavy (non-hydrogen) atoms. The molecule has 1 aromatic heterocycles. The Balaban J connectivity index is 2.61. The summed E-state index contributed by atoms with van der Waals surface area (Å²) in [6, 6.07) is 0. The van der Waals surface area contributed by atoms with E-state index in [1.54, 1.807) is 0 Å². The van der Waals surface area contributed by atoms with E-state index in [4.69, 9.17) is 0 Å². The van der Waals surface area contributed by atoms with Gasteiger partial charge in [-0.3, -0.25) is 4.68 Å². The summed E-state index contributed by atoms with van der Waals surface area (Å²) in [6.45, 7) is 1.08. The number of hydrogen-bond donors (Lipinski definition) is 1. The van der Waals surface area contributed by atoms with E-state index in [0.29, 0.717) is 0 Å². The molecule has 0 fully saturated rings. The molecule has 2 atom stereocenters. The van der Waals surface area contributed by atoms with Crippen LogP contribution in [0.2, 0.25) is 0 Å². The van der Waals surface area contributed by atoms with E-state index < -0.39 is 29.2 Å². The van der Waals surface area contributed by atoms with Crippen LogP contribution in [0.25, 0.3) is 0 Å². The van der Waals surface area contributed by atoms with Crippen LogP contribution in [0.5, 0.6) is 0 Å². The van der Waals surface area contributed by atoms with Crippen LogP contribution in [0.1, 0.15) is 30.0 Å². The summed E-state index contributed by atoms with van der Waals surface area (Å²) in [7, 11) is 1.31. The van der Waals surface area contributed by atoms with Crippen LogP contribution in [0.4, 0.5) is 17.6 Å². The molecule has 0 amide bonds. The van der Waals surface area contributed by atoms with E-state index in [0.717, 1.165) is 11.6 Å². The lowest BCUT2D eigenvalue weighted by atomic mass is 10.0. The highest BCUT2D eigenvalue weighted by atomic mass is 19.4. The molecule has 3 nitrogen and oxygen atoms in total. The Morgan fingerprint density at radius 3 is 2.56 bits per heavy atom. The molecule has 0 bridgehead atoms. The second kappa shape index (κ2) is 2.97. The Bertz CT molecular complexity index is 435. The van der Waals surface area contributed by atoms with Crippen LogP contribution in [0, 0.1) is 0 Å².